The van der Waals surface area contributed by atoms with Crippen LogP contribution in [0.1, 0.15) is 48.0 Å². The predicted octanol–water partition coefficient (Wildman–Crippen LogP) is 3.49. The number of rotatable bonds is 6. The summed E-state index contributed by atoms with van der Waals surface area (Å²) in [6.45, 7) is 8.23. The van der Waals surface area contributed by atoms with Crippen LogP contribution >= 0.6 is 0 Å². The van der Waals surface area contributed by atoms with Crippen LogP contribution in [0.2, 0.25) is 0 Å². The van der Waals surface area contributed by atoms with Gasteiger partial charge in [-0.1, -0.05) is 36.8 Å². The van der Waals surface area contributed by atoms with Crippen molar-refractivity contribution in [3.63, 3.8) is 0 Å². The summed E-state index contributed by atoms with van der Waals surface area (Å²) in [7, 11) is 0. The van der Waals surface area contributed by atoms with Crippen LogP contribution in [0.15, 0.2) is 70.8 Å². The van der Waals surface area contributed by atoms with Crippen LogP contribution in [-0.4, -0.2) is 57.1 Å². The van der Waals surface area contributed by atoms with Gasteiger partial charge in [0.1, 0.15) is 0 Å². The number of fused-ring (bicyclic) bond motifs is 1. The Bertz CT molecular complexity index is 1360. The first-order valence-corrected chi connectivity index (χ1v) is 13.0. The number of hydrogen-bond donors (Lipinski definition) is 0. The fourth-order valence-electron chi connectivity index (χ4n) is 5.67. The van der Waals surface area contributed by atoms with Gasteiger partial charge < -0.3 is 9.80 Å². The van der Waals surface area contributed by atoms with E-state index in [1.54, 1.807) is 6.08 Å². The highest BCUT2D eigenvalue weighted by Gasteiger charge is 2.28. The second-order valence-electron chi connectivity index (χ2n) is 9.90. The third-order valence-electron chi connectivity index (χ3n) is 7.65. The number of piperidine rings is 2. The highest BCUT2D eigenvalue weighted by atomic mass is 16.2. The molecule has 2 fully saturated rings. The molecule has 0 bridgehead atoms. The number of carbonyl (C=O) groups is 1. The van der Waals surface area contributed by atoms with E-state index in [9.17, 15) is 14.4 Å². The molecule has 188 valence electrons. The number of hydrogen-bond acceptors (Lipinski definition) is 4. The molecule has 2 aliphatic heterocycles. The zero-order valence-electron chi connectivity index (χ0n) is 20.8. The maximum Gasteiger partial charge on any atom is 0.317 e. The molecule has 36 heavy (non-hydrogen) atoms. The molecule has 3 heterocycles. The molecule has 0 unspecified atom stereocenters. The normalized spacial score (nSPS) is 17.4. The van der Waals surface area contributed by atoms with E-state index in [4.69, 9.17) is 0 Å². The minimum absolute atomic E-state index is 0.0632. The molecule has 0 saturated carbocycles. The first-order chi connectivity index (χ1) is 17.6. The number of likely N-dealkylation sites (tertiary alicyclic amines) is 2. The third-order valence-corrected chi connectivity index (χ3v) is 7.65. The van der Waals surface area contributed by atoms with E-state index in [0.29, 0.717) is 22.6 Å². The fraction of sp³-hybridized carbons (Fsp3) is 0.414. The van der Waals surface area contributed by atoms with E-state index >= 15 is 0 Å². The van der Waals surface area contributed by atoms with Gasteiger partial charge in [-0.2, -0.15) is 0 Å². The summed E-state index contributed by atoms with van der Waals surface area (Å²) >= 11 is 0. The number of benzene rings is 2. The van der Waals surface area contributed by atoms with E-state index in [1.165, 1.54) is 41.5 Å². The summed E-state index contributed by atoms with van der Waals surface area (Å²) in [5, 5.41) is 0. The molecule has 2 aromatic carbocycles. The number of para-hydroxylation sites is 2. The van der Waals surface area contributed by atoms with Gasteiger partial charge in [0.05, 0.1) is 17.6 Å². The van der Waals surface area contributed by atoms with Crippen molar-refractivity contribution < 1.29 is 4.79 Å². The molecule has 2 aliphatic rings. The maximum atomic E-state index is 13.1. The molecule has 1 amide bonds. The van der Waals surface area contributed by atoms with E-state index in [0.717, 1.165) is 31.5 Å². The Morgan fingerprint density at radius 2 is 1.44 bits per heavy atom. The number of nitrogens with zero attached hydrogens (tertiary/aromatic N) is 4. The quantitative estimate of drug-likeness (QED) is 0.395. The van der Waals surface area contributed by atoms with Crippen molar-refractivity contribution in [3.8, 4) is 0 Å². The average Bonchev–Trinajstić information content (AvgIpc) is 2.94. The Morgan fingerprint density at radius 1 is 0.833 bits per heavy atom. The van der Waals surface area contributed by atoms with E-state index < -0.39 is 11.1 Å². The summed E-state index contributed by atoms with van der Waals surface area (Å²) < 4.78 is 2.97. The third kappa shape index (κ3) is 4.80. The molecule has 0 radical (unpaired) electrons. The minimum Gasteiger partial charge on any atom is -0.339 e. The van der Waals surface area contributed by atoms with E-state index in [-0.39, 0.29) is 19.0 Å². The van der Waals surface area contributed by atoms with E-state index in [2.05, 4.69) is 11.5 Å². The lowest BCUT2D eigenvalue weighted by atomic mass is 9.99. The molecule has 0 atom stereocenters. The SMILES string of the molecule is C=CCn1c(=O)c(=O)n(Cc2ccc(C(=O)N3CCC(N4CCCCC4)CC3)cc2)c2ccccc21. The van der Waals surface area contributed by atoms with E-state index in [1.807, 2.05) is 53.4 Å². The first-order valence-electron chi connectivity index (χ1n) is 13.0. The van der Waals surface area contributed by atoms with Crippen molar-refractivity contribution in [2.45, 2.75) is 51.2 Å². The zero-order chi connectivity index (χ0) is 25.1. The highest BCUT2D eigenvalue weighted by Crippen LogP contribution is 2.22. The Labute approximate surface area is 211 Å². The van der Waals surface area contributed by atoms with Gasteiger partial charge in [-0.3, -0.25) is 23.5 Å². The number of amides is 1. The van der Waals surface area contributed by atoms with Gasteiger partial charge in [-0.15, -0.1) is 6.58 Å². The van der Waals surface area contributed by atoms with Crippen molar-refractivity contribution in [1.29, 1.82) is 0 Å². The molecule has 5 rings (SSSR count). The van der Waals surface area contributed by atoms with Crippen LogP contribution in [0.5, 0.6) is 0 Å². The lowest BCUT2D eigenvalue weighted by Crippen LogP contribution is -2.48. The van der Waals surface area contributed by atoms with Crippen molar-refractivity contribution in [2.24, 2.45) is 0 Å². The predicted molar refractivity (Wildman–Crippen MR) is 143 cm³/mol. The monoisotopic (exact) mass is 486 g/mol. The molecule has 0 spiro atoms. The second-order valence-corrected chi connectivity index (χ2v) is 9.90. The van der Waals surface area contributed by atoms with Gasteiger partial charge in [0.25, 0.3) is 5.91 Å². The van der Waals surface area contributed by atoms with Crippen LogP contribution in [0.3, 0.4) is 0 Å². The molecule has 0 N–H and O–H groups in total. The highest BCUT2D eigenvalue weighted by molar-refractivity contribution is 5.94. The van der Waals surface area contributed by atoms with Crippen molar-refractivity contribution >= 4 is 16.9 Å². The fourth-order valence-corrected chi connectivity index (χ4v) is 5.67. The Morgan fingerprint density at radius 3 is 2.08 bits per heavy atom. The average molecular weight is 487 g/mol. The van der Waals surface area contributed by atoms with Crippen LogP contribution in [0, 0.1) is 0 Å². The van der Waals surface area contributed by atoms with Crippen LogP contribution in [0.4, 0.5) is 0 Å². The Balaban J connectivity index is 1.30. The molecule has 7 nitrogen and oxygen atoms in total. The maximum absolute atomic E-state index is 13.1. The zero-order valence-corrected chi connectivity index (χ0v) is 20.8. The van der Waals surface area contributed by atoms with Gasteiger partial charge in [0.15, 0.2) is 0 Å². The number of carbonyl (C=O) groups excluding carboxylic acids is 1. The van der Waals surface area contributed by atoms with Gasteiger partial charge in [0, 0.05) is 31.2 Å². The number of allylic oxidation sites excluding steroid dienone is 1. The molecular weight excluding hydrogens is 452 g/mol. The second kappa shape index (κ2) is 10.7. The summed E-state index contributed by atoms with van der Waals surface area (Å²) in [6, 6.07) is 15.4. The van der Waals surface area contributed by atoms with Crippen LogP contribution in [-0.2, 0) is 13.1 Å². The summed E-state index contributed by atoms with van der Waals surface area (Å²) in [4.78, 5) is 43.4. The van der Waals surface area contributed by atoms with Gasteiger partial charge in [-0.25, -0.2) is 0 Å². The van der Waals surface area contributed by atoms with Gasteiger partial charge in [-0.05, 0) is 68.6 Å². The van der Waals surface area contributed by atoms with Crippen molar-refractivity contribution in [3.05, 3.63) is 93.0 Å². The molecule has 2 saturated heterocycles. The lowest BCUT2D eigenvalue weighted by Gasteiger charge is -2.40. The van der Waals surface area contributed by atoms with Crippen molar-refractivity contribution in [1.82, 2.24) is 18.9 Å². The molecular formula is C29H34N4O3. The Hall–Kier alpha value is -3.45. The smallest absolute Gasteiger partial charge is 0.317 e. The lowest BCUT2D eigenvalue weighted by molar-refractivity contribution is 0.0590. The molecule has 1 aromatic heterocycles. The van der Waals surface area contributed by atoms with Gasteiger partial charge >= 0.3 is 11.1 Å². The minimum atomic E-state index is -0.563. The largest absolute Gasteiger partial charge is 0.339 e. The first kappa shape index (κ1) is 24.3. The topological polar surface area (TPSA) is 67.5 Å². The summed E-state index contributed by atoms with van der Waals surface area (Å²) in [5.41, 5.74) is 1.79. The van der Waals surface area contributed by atoms with Gasteiger partial charge in [0.2, 0.25) is 0 Å². The summed E-state index contributed by atoms with van der Waals surface area (Å²) in [6.07, 6.45) is 7.62. The molecule has 3 aromatic rings. The molecule has 7 heteroatoms. The van der Waals surface area contributed by atoms with Crippen molar-refractivity contribution in [2.75, 3.05) is 26.2 Å². The van der Waals surface area contributed by atoms with Crippen LogP contribution < -0.4 is 11.1 Å². The number of aromatic nitrogens is 2. The molecule has 0 aliphatic carbocycles. The standard InChI is InChI=1S/C29H34N4O3/c1-2-16-32-25-8-4-5-9-26(25)33(29(36)28(32)35)21-22-10-12-23(13-11-22)27(34)31-19-14-24(15-20-31)30-17-6-3-7-18-30/h2,4-5,8-13,24H,1,3,6-7,14-21H2. The van der Waals surface area contributed by atoms with Crippen LogP contribution in [0.25, 0.3) is 11.0 Å². The Kier molecular flexibility index (Phi) is 7.18. The summed E-state index contributed by atoms with van der Waals surface area (Å²) in [5.74, 6) is 0.0632.